The Morgan fingerprint density at radius 1 is 1.09 bits per heavy atom. The van der Waals surface area contributed by atoms with Gasteiger partial charge in [-0.15, -0.1) is 0 Å². The Balaban J connectivity index is 1.39. The number of amides is 5. The molecule has 2 aliphatic carbocycles. The molecular formula is C37H50FN5O10S. The largest absolute Gasteiger partial charge is 0.444 e. The Morgan fingerprint density at radius 2 is 1.80 bits per heavy atom. The maximum Gasteiger partial charge on any atom is 0.410 e. The third kappa shape index (κ3) is 9.57. The van der Waals surface area contributed by atoms with E-state index < -0.39 is 80.3 Å². The van der Waals surface area contributed by atoms with Gasteiger partial charge >= 0.3 is 12.2 Å². The molecule has 1 aromatic rings. The Bertz CT molecular complexity index is 1840. The molecule has 2 unspecified atom stereocenters. The van der Waals surface area contributed by atoms with Crippen LogP contribution < -0.4 is 15.4 Å². The van der Waals surface area contributed by atoms with Crippen molar-refractivity contribution in [3.05, 3.63) is 46.8 Å². The second-order valence-electron chi connectivity index (χ2n) is 15.9. The molecule has 15 nitrogen and oxygen atoms in total. The highest BCUT2D eigenvalue weighted by Gasteiger charge is 2.62. The zero-order chi connectivity index (χ0) is 39.7. The van der Waals surface area contributed by atoms with Gasteiger partial charge in [-0.1, -0.05) is 31.1 Å². The lowest BCUT2D eigenvalue weighted by atomic mass is 10.0. The van der Waals surface area contributed by atoms with Crippen molar-refractivity contribution in [1.29, 1.82) is 0 Å². The minimum absolute atomic E-state index is 0.0402. The molecule has 296 valence electrons. The molecule has 17 heteroatoms. The number of carbonyl (C=O) groups excluding carboxylic acids is 6. The molecule has 0 radical (unpaired) electrons. The summed E-state index contributed by atoms with van der Waals surface area (Å²) in [6.45, 7) is 9.95. The number of carbonyl (C=O) groups is 6. The van der Waals surface area contributed by atoms with Crippen LogP contribution in [-0.2, 0) is 51.8 Å². The molecule has 5 rings (SSSR count). The van der Waals surface area contributed by atoms with Crippen LogP contribution in [0, 0.1) is 11.7 Å². The van der Waals surface area contributed by atoms with Crippen LogP contribution in [-0.4, -0.2) is 95.0 Å². The van der Waals surface area contributed by atoms with Gasteiger partial charge < -0.3 is 25.0 Å². The summed E-state index contributed by atoms with van der Waals surface area (Å²) in [6.07, 6.45) is -0.389. The quantitative estimate of drug-likeness (QED) is 0.250. The van der Waals surface area contributed by atoms with E-state index in [-0.39, 0.29) is 57.0 Å². The molecular weight excluding hydrogens is 725 g/mol. The molecule has 0 aromatic heterocycles. The molecule has 2 heterocycles. The normalized spacial score (nSPS) is 23.8. The first-order chi connectivity index (χ1) is 25.2. The number of halogens is 1. The number of likely N-dealkylation sites (tertiary alicyclic amines) is 1. The number of allylic oxidation sites excluding steroid dienone is 2. The predicted molar refractivity (Wildman–Crippen MR) is 192 cm³/mol. The van der Waals surface area contributed by atoms with Crippen molar-refractivity contribution in [2.45, 2.75) is 134 Å². The number of fused-ring (bicyclic) bond motifs is 1. The maximum atomic E-state index is 14.4. The molecule has 5 amide bonds. The van der Waals surface area contributed by atoms with Gasteiger partial charge in [-0.05, 0) is 83.9 Å². The fraction of sp³-hybridized carbons (Fsp3) is 0.622. The van der Waals surface area contributed by atoms with Gasteiger partial charge in [-0.25, -0.2) is 22.4 Å². The Hall–Kier alpha value is -4.54. The molecule has 0 spiro atoms. The highest BCUT2D eigenvalue weighted by molar-refractivity contribution is 7.91. The fourth-order valence-electron chi connectivity index (χ4n) is 6.99. The van der Waals surface area contributed by atoms with Crippen LogP contribution in [0.5, 0.6) is 0 Å². The van der Waals surface area contributed by atoms with E-state index in [1.807, 2.05) is 0 Å². The average Bonchev–Trinajstić information content (AvgIpc) is 3.96. The van der Waals surface area contributed by atoms with E-state index in [4.69, 9.17) is 9.47 Å². The van der Waals surface area contributed by atoms with Gasteiger partial charge in [0, 0.05) is 24.9 Å². The summed E-state index contributed by atoms with van der Waals surface area (Å²) in [5, 5.41) is 4.59. The van der Waals surface area contributed by atoms with Crippen LogP contribution >= 0.6 is 0 Å². The number of nitrogens with one attached hydrogen (secondary N) is 3. The third-order valence-corrected chi connectivity index (χ3v) is 11.8. The lowest BCUT2D eigenvalue weighted by Gasteiger charge is -2.30. The number of rotatable bonds is 13. The van der Waals surface area contributed by atoms with Crippen molar-refractivity contribution in [3.63, 3.8) is 0 Å². The van der Waals surface area contributed by atoms with Gasteiger partial charge in [0.1, 0.15) is 35.1 Å². The summed E-state index contributed by atoms with van der Waals surface area (Å²) in [7, 11) is -3.93. The van der Waals surface area contributed by atoms with Crippen LogP contribution in [0.1, 0.15) is 97.6 Å². The van der Waals surface area contributed by atoms with Gasteiger partial charge in [0.2, 0.25) is 21.8 Å². The van der Waals surface area contributed by atoms with Gasteiger partial charge in [0.15, 0.2) is 5.78 Å². The summed E-state index contributed by atoms with van der Waals surface area (Å²) in [4.78, 5) is 83.4. The molecule has 3 N–H and O–H groups in total. The third-order valence-electron chi connectivity index (χ3n) is 9.97. The minimum atomic E-state index is -3.93. The van der Waals surface area contributed by atoms with Crippen molar-refractivity contribution in [3.8, 4) is 0 Å². The lowest BCUT2D eigenvalue weighted by molar-refractivity contribution is -0.141. The first-order valence-electron chi connectivity index (χ1n) is 18.3. The molecule has 2 saturated carbocycles. The number of benzene rings is 1. The van der Waals surface area contributed by atoms with Crippen molar-refractivity contribution in [2.24, 2.45) is 5.92 Å². The topological polar surface area (TPSA) is 198 Å². The fourth-order valence-corrected chi connectivity index (χ4v) is 8.35. The van der Waals surface area contributed by atoms with E-state index in [2.05, 4.69) is 15.4 Å². The van der Waals surface area contributed by atoms with Gasteiger partial charge in [0.25, 0.3) is 5.91 Å². The summed E-state index contributed by atoms with van der Waals surface area (Å²) in [5.74, 6) is -3.55. The molecule has 4 aliphatic rings. The predicted octanol–water partition coefficient (Wildman–Crippen LogP) is 3.35. The molecule has 3 fully saturated rings. The zero-order valence-corrected chi connectivity index (χ0v) is 32.3. The molecule has 1 saturated heterocycles. The summed E-state index contributed by atoms with van der Waals surface area (Å²) in [6, 6.07) is 1.86. The van der Waals surface area contributed by atoms with E-state index in [0.29, 0.717) is 30.4 Å². The van der Waals surface area contributed by atoms with Crippen molar-refractivity contribution in [2.75, 3.05) is 6.54 Å². The van der Waals surface area contributed by atoms with E-state index in [0.717, 1.165) is 10.5 Å². The first kappa shape index (κ1) is 40.6. The summed E-state index contributed by atoms with van der Waals surface area (Å²) < 4.78 is 53.1. The Morgan fingerprint density at radius 3 is 2.39 bits per heavy atom. The summed E-state index contributed by atoms with van der Waals surface area (Å²) >= 11 is 0. The van der Waals surface area contributed by atoms with Crippen molar-refractivity contribution in [1.82, 2.24) is 25.2 Å². The second kappa shape index (κ2) is 15.7. The monoisotopic (exact) mass is 775 g/mol. The number of hydrogen-bond donors (Lipinski definition) is 3. The SMILES string of the molecule is CCC1CC1(NC(=O)[C@@H]1C[C@@H](OC(=O)N2Cc3cccc(F)c3C2)CN1C(=O)[C@H](CCC(=O)C=C(C)C)NC(=O)OC(C)(C)C)C(=O)NS(=O)(=O)C1CC1. The standard InChI is InChI=1S/C37H50FN5O10S/c1-7-23-17-37(23,33(47)41-54(50,51)26-12-13-26)40-31(45)30-16-25(52-35(49)42-18-22-9-8-10-28(38)27(22)20-42)19-43(30)32(46)29(14-11-24(44)15-21(2)3)39-34(48)53-36(4,5)6/h8-10,15,23,25-26,29-30H,7,11-14,16-20H2,1-6H3,(H,39,48)(H,40,45)(H,41,47)/t23?,25-,29+,30+,37?/m1/s1. The summed E-state index contributed by atoms with van der Waals surface area (Å²) in [5.41, 5.74) is -0.760. The van der Waals surface area contributed by atoms with Crippen LogP contribution in [0.4, 0.5) is 14.0 Å². The van der Waals surface area contributed by atoms with Crippen LogP contribution in [0.15, 0.2) is 29.8 Å². The first-order valence-corrected chi connectivity index (χ1v) is 19.8. The smallest absolute Gasteiger partial charge is 0.410 e. The highest BCUT2D eigenvalue weighted by atomic mass is 32.2. The molecule has 2 aliphatic heterocycles. The lowest BCUT2D eigenvalue weighted by Crippen LogP contribution is -2.58. The van der Waals surface area contributed by atoms with Gasteiger partial charge in [0.05, 0.1) is 18.3 Å². The second-order valence-corrected chi connectivity index (χ2v) is 17.8. The number of sulfonamides is 1. The number of alkyl carbamates (subject to hydrolysis) is 1. The molecule has 1 aromatic carbocycles. The van der Waals surface area contributed by atoms with Gasteiger partial charge in [-0.3, -0.25) is 28.8 Å². The van der Waals surface area contributed by atoms with E-state index in [9.17, 15) is 41.6 Å². The molecule has 5 atom stereocenters. The van der Waals surface area contributed by atoms with Crippen molar-refractivity contribution >= 4 is 45.7 Å². The number of hydrogen-bond acceptors (Lipinski definition) is 10. The van der Waals surface area contributed by atoms with E-state index in [1.54, 1.807) is 53.7 Å². The zero-order valence-electron chi connectivity index (χ0n) is 31.5. The van der Waals surface area contributed by atoms with Crippen LogP contribution in [0.25, 0.3) is 0 Å². The number of nitrogens with zero attached hydrogens (tertiary/aromatic N) is 2. The van der Waals surface area contributed by atoms with Gasteiger partial charge in [-0.2, -0.15) is 0 Å². The maximum absolute atomic E-state index is 14.4. The Labute approximate surface area is 314 Å². The number of ketones is 1. The average molecular weight is 776 g/mol. The van der Waals surface area contributed by atoms with E-state index >= 15 is 0 Å². The molecule has 0 bridgehead atoms. The van der Waals surface area contributed by atoms with Crippen molar-refractivity contribution < 1.29 is 51.0 Å². The number of ether oxygens (including phenoxy) is 2. The minimum Gasteiger partial charge on any atom is -0.444 e. The van der Waals surface area contributed by atoms with Crippen LogP contribution in [0.2, 0.25) is 0 Å². The molecule has 54 heavy (non-hydrogen) atoms. The highest BCUT2D eigenvalue weighted by Crippen LogP contribution is 2.47. The van der Waals surface area contributed by atoms with E-state index in [1.165, 1.54) is 17.0 Å². The van der Waals surface area contributed by atoms with Crippen LogP contribution in [0.3, 0.4) is 0 Å². The Kier molecular flexibility index (Phi) is 11.8.